The van der Waals surface area contributed by atoms with Crippen LogP contribution in [0.25, 0.3) is 0 Å². The van der Waals surface area contributed by atoms with E-state index in [4.69, 9.17) is 9.47 Å². The molecule has 1 aromatic carbocycles. The number of ether oxygens (including phenoxy) is 2. The molecule has 0 saturated carbocycles. The van der Waals surface area contributed by atoms with Gasteiger partial charge in [-0.2, -0.15) is 0 Å². The minimum atomic E-state index is 0.619. The van der Waals surface area contributed by atoms with Crippen LogP contribution >= 0.6 is 0 Å². The van der Waals surface area contributed by atoms with Crippen molar-refractivity contribution in [1.82, 2.24) is 5.32 Å². The number of nitrogens with one attached hydrogen (secondary N) is 1. The lowest BCUT2D eigenvalue weighted by atomic mass is 9.86. The maximum absolute atomic E-state index is 5.75. The molecule has 1 saturated heterocycles. The summed E-state index contributed by atoms with van der Waals surface area (Å²) in [7, 11) is 0. The zero-order valence-electron chi connectivity index (χ0n) is 11.2. The molecule has 1 aromatic rings. The molecule has 2 aliphatic heterocycles. The second-order valence-corrected chi connectivity index (χ2v) is 5.28. The number of benzene rings is 1. The Hall–Kier alpha value is -1.22. The summed E-state index contributed by atoms with van der Waals surface area (Å²) in [6.07, 6.45) is 2.53. The second kappa shape index (κ2) is 4.81. The number of fused-ring (bicyclic) bond motifs is 1. The first kappa shape index (κ1) is 11.8. The molecular weight excluding hydrogens is 226 g/mol. The van der Waals surface area contributed by atoms with E-state index in [1.807, 2.05) is 0 Å². The van der Waals surface area contributed by atoms with Crippen molar-refractivity contribution in [2.75, 3.05) is 26.3 Å². The first-order valence-corrected chi connectivity index (χ1v) is 6.88. The third-order valence-corrected chi connectivity index (χ3v) is 4.17. The molecule has 3 nitrogen and oxygen atoms in total. The molecule has 0 aromatic heterocycles. The van der Waals surface area contributed by atoms with Gasteiger partial charge in [0.05, 0.1) is 0 Å². The van der Waals surface area contributed by atoms with Crippen LogP contribution in [-0.2, 0) is 0 Å². The molecule has 0 spiro atoms. The Morgan fingerprint density at radius 3 is 2.78 bits per heavy atom. The van der Waals surface area contributed by atoms with Crippen molar-refractivity contribution in [3.05, 3.63) is 22.8 Å². The van der Waals surface area contributed by atoms with Gasteiger partial charge in [-0.15, -0.1) is 0 Å². The van der Waals surface area contributed by atoms with Crippen molar-refractivity contribution in [2.24, 2.45) is 0 Å². The SMILES string of the molecule is Cc1c(C2CCCNC2)cc2c(c1C)OCCO2. The van der Waals surface area contributed by atoms with Crippen molar-refractivity contribution in [1.29, 1.82) is 0 Å². The Bertz CT molecular complexity index is 450. The standard InChI is InChI=1S/C15H21NO2/c1-10-11(2)15-14(17-6-7-18-15)8-13(10)12-4-3-5-16-9-12/h8,12,16H,3-7,9H2,1-2H3. The molecule has 0 amide bonds. The van der Waals surface area contributed by atoms with Gasteiger partial charge in [0.15, 0.2) is 11.5 Å². The maximum Gasteiger partial charge on any atom is 0.164 e. The summed E-state index contributed by atoms with van der Waals surface area (Å²) >= 11 is 0. The van der Waals surface area contributed by atoms with E-state index in [0.717, 1.165) is 24.6 Å². The average molecular weight is 247 g/mol. The Kier molecular flexibility index (Phi) is 3.16. The van der Waals surface area contributed by atoms with E-state index in [-0.39, 0.29) is 0 Å². The molecular formula is C15H21NO2. The van der Waals surface area contributed by atoms with E-state index in [1.54, 1.807) is 0 Å². The Morgan fingerprint density at radius 2 is 2.00 bits per heavy atom. The highest BCUT2D eigenvalue weighted by Crippen LogP contribution is 2.40. The molecule has 0 radical (unpaired) electrons. The van der Waals surface area contributed by atoms with Gasteiger partial charge in [0, 0.05) is 6.54 Å². The van der Waals surface area contributed by atoms with Gasteiger partial charge in [0.2, 0.25) is 0 Å². The monoisotopic (exact) mass is 247 g/mol. The molecule has 0 aliphatic carbocycles. The van der Waals surface area contributed by atoms with Crippen LogP contribution in [0.5, 0.6) is 11.5 Å². The van der Waals surface area contributed by atoms with Gasteiger partial charge >= 0.3 is 0 Å². The van der Waals surface area contributed by atoms with Crippen LogP contribution in [0.3, 0.4) is 0 Å². The lowest BCUT2D eigenvalue weighted by Gasteiger charge is -2.28. The molecule has 1 atom stereocenters. The van der Waals surface area contributed by atoms with Gasteiger partial charge in [-0.05, 0) is 61.9 Å². The first-order valence-electron chi connectivity index (χ1n) is 6.88. The van der Waals surface area contributed by atoms with Crippen LogP contribution in [0.15, 0.2) is 6.07 Å². The fraction of sp³-hybridized carbons (Fsp3) is 0.600. The van der Waals surface area contributed by atoms with Gasteiger partial charge < -0.3 is 14.8 Å². The minimum Gasteiger partial charge on any atom is -0.486 e. The Balaban J connectivity index is 2.01. The predicted molar refractivity (Wildman–Crippen MR) is 71.8 cm³/mol. The zero-order chi connectivity index (χ0) is 12.5. The van der Waals surface area contributed by atoms with Crippen molar-refractivity contribution in [3.8, 4) is 11.5 Å². The van der Waals surface area contributed by atoms with Crippen LogP contribution in [-0.4, -0.2) is 26.3 Å². The second-order valence-electron chi connectivity index (χ2n) is 5.28. The number of hydrogen-bond donors (Lipinski definition) is 1. The highest BCUT2D eigenvalue weighted by Gasteiger charge is 2.23. The van der Waals surface area contributed by atoms with E-state index < -0.39 is 0 Å². The van der Waals surface area contributed by atoms with Crippen LogP contribution in [0.2, 0.25) is 0 Å². The quantitative estimate of drug-likeness (QED) is 0.827. The summed E-state index contributed by atoms with van der Waals surface area (Å²) < 4.78 is 11.5. The molecule has 3 rings (SSSR count). The summed E-state index contributed by atoms with van der Waals surface area (Å²) in [6, 6.07) is 2.20. The third-order valence-electron chi connectivity index (χ3n) is 4.17. The molecule has 2 aliphatic rings. The summed E-state index contributed by atoms with van der Waals surface area (Å²) in [5.74, 6) is 2.50. The minimum absolute atomic E-state index is 0.619. The smallest absolute Gasteiger partial charge is 0.164 e. The molecule has 2 heterocycles. The summed E-state index contributed by atoms with van der Waals surface area (Å²) in [5, 5.41) is 3.49. The zero-order valence-corrected chi connectivity index (χ0v) is 11.2. The number of hydrogen-bond acceptors (Lipinski definition) is 3. The van der Waals surface area contributed by atoms with E-state index in [2.05, 4.69) is 25.2 Å². The summed E-state index contributed by atoms with van der Waals surface area (Å²) in [5.41, 5.74) is 4.05. The van der Waals surface area contributed by atoms with Crippen LogP contribution in [0.4, 0.5) is 0 Å². The topological polar surface area (TPSA) is 30.5 Å². The van der Waals surface area contributed by atoms with Crippen LogP contribution in [0.1, 0.15) is 35.4 Å². The van der Waals surface area contributed by atoms with Gasteiger partial charge in [0.1, 0.15) is 13.2 Å². The molecule has 1 N–H and O–H groups in total. The van der Waals surface area contributed by atoms with Crippen molar-refractivity contribution in [2.45, 2.75) is 32.6 Å². The van der Waals surface area contributed by atoms with E-state index in [1.165, 1.54) is 29.5 Å². The third kappa shape index (κ3) is 1.97. The molecule has 1 unspecified atom stereocenters. The van der Waals surface area contributed by atoms with Gasteiger partial charge in [-0.25, -0.2) is 0 Å². The highest BCUT2D eigenvalue weighted by atomic mass is 16.6. The average Bonchev–Trinajstić information content (AvgIpc) is 2.44. The molecule has 18 heavy (non-hydrogen) atoms. The summed E-state index contributed by atoms with van der Waals surface area (Å²) in [4.78, 5) is 0. The lowest BCUT2D eigenvalue weighted by Crippen LogP contribution is -2.29. The number of piperidine rings is 1. The van der Waals surface area contributed by atoms with Gasteiger partial charge in [-0.3, -0.25) is 0 Å². The van der Waals surface area contributed by atoms with E-state index in [9.17, 15) is 0 Å². The fourth-order valence-electron chi connectivity index (χ4n) is 3.01. The largest absolute Gasteiger partial charge is 0.486 e. The van der Waals surface area contributed by atoms with E-state index in [0.29, 0.717) is 19.1 Å². The van der Waals surface area contributed by atoms with Crippen molar-refractivity contribution in [3.63, 3.8) is 0 Å². The number of rotatable bonds is 1. The van der Waals surface area contributed by atoms with Crippen LogP contribution in [0, 0.1) is 13.8 Å². The highest BCUT2D eigenvalue weighted by molar-refractivity contribution is 5.55. The normalized spacial score (nSPS) is 22.9. The molecule has 1 fully saturated rings. The Morgan fingerprint density at radius 1 is 1.17 bits per heavy atom. The van der Waals surface area contributed by atoms with Crippen LogP contribution < -0.4 is 14.8 Å². The fourth-order valence-corrected chi connectivity index (χ4v) is 3.01. The van der Waals surface area contributed by atoms with Gasteiger partial charge in [-0.1, -0.05) is 0 Å². The van der Waals surface area contributed by atoms with Crippen molar-refractivity contribution < 1.29 is 9.47 Å². The predicted octanol–water partition coefficient (Wildman–Crippen LogP) is 2.54. The lowest BCUT2D eigenvalue weighted by molar-refractivity contribution is 0.170. The molecule has 3 heteroatoms. The van der Waals surface area contributed by atoms with E-state index >= 15 is 0 Å². The molecule has 98 valence electrons. The van der Waals surface area contributed by atoms with Crippen molar-refractivity contribution >= 4 is 0 Å². The molecule has 0 bridgehead atoms. The Labute approximate surface area is 108 Å². The van der Waals surface area contributed by atoms with Gasteiger partial charge in [0.25, 0.3) is 0 Å². The maximum atomic E-state index is 5.75. The summed E-state index contributed by atoms with van der Waals surface area (Å²) in [6.45, 7) is 7.91. The first-order chi connectivity index (χ1) is 8.77.